The lowest BCUT2D eigenvalue weighted by atomic mass is 9.96. The standard InChI is InChI=1S/C31H24N4O5S2/c1-39-23-13-12-19(15-24(23)40-2)27(36)25-26(20-10-6-14-32-16-20)35(29(38)28(25)37)30-33-34-31(42-30)41-17-21-9-5-8-18-7-3-4-11-22(18)21/h3-16,26,36H,17H2,1-2H3/b27-25+. The highest BCUT2D eigenvalue weighted by Gasteiger charge is 2.48. The van der Waals surface area contributed by atoms with Crippen molar-refractivity contribution >= 4 is 56.5 Å². The van der Waals surface area contributed by atoms with E-state index in [4.69, 9.17) is 9.47 Å². The van der Waals surface area contributed by atoms with E-state index in [1.807, 2.05) is 18.2 Å². The lowest BCUT2D eigenvalue weighted by molar-refractivity contribution is -0.132. The largest absolute Gasteiger partial charge is 0.507 e. The lowest BCUT2D eigenvalue weighted by Crippen LogP contribution is -2.29. The number of carbonyl (C=O) groups excluding carboxylic acids is 2. The Morgan fingerprint density at radius 1 is 0.976 bits per heavy atom. The Morgan fingerprint density at radius 3 is 2.57 bits per heavy atom. The molecule has 1 unspecified atom stereocenters. The van der Waals surface area contributed by atoms with Crippen LogP contribution in [0, 0.1) is 0 Å². The molecule has 1 fully saturated rings. The fourth-order valence-corrected chi connectivity index (χ4v) is 6.81. The third-order valence-electron chi connectivity index (χ3n) is 6.93. The van der Waals surface area contributed by atoms with Crippen molar-refractivity contribution in [2.45, 2.75) is 16.1 Å². The minimum Gasteiger partial charge on any atom is -0.507 e. The Labute approximate surface area is 249 Å². The molecule has 2 aromatic heterocycles. The molecule has 3 heterocycles. The molecule has 1 amide bonds. The molecule has 5 aromatic rings. The molecule has 1 N–H and O–H groups in total. The van der Waals surface area contributed by atoms with Gasteiger partial charge in [0.25, 0.3) is 5.78 Å². The molecule has 1 aliphatic heterocycles. The van der Waals surface area contributed by atoms with E-state index in [0.717, 1.165) is 16.3 Å². The fourth-order valence-electron chi connectivity index (χ4n) is 4.94. The molecule has 42 heavy (non-hydrogen) atoms. The van der Waals surface area contributed by atoms with Gasteiger partial charge in [-0.2, -0.15) is 0 Å². The number of hydrogen-bond donors (Lipinski definition) is 1. The first-order valence-electron chi connectivity index (χ1n) is 12.9. The zero-order chi connectivity index (χ0) is 29.2. The zero-order valence-corrected chi connectivity index (χ0v) is 24.2. The molecule has 0 aliphatic carbocycles. The third kappa shape index (κ3) is 4.97. The van der Waals surface area contributed by atoms with Gasteiger partial charge in [0.05, 0.1) is 25.8 Å². The summed E-state index contributed by atoms with van der Waals surface area (Å²) < 4.78 is 11.3. The quantitative estimate of drug-likeness (QED) is 0.0755. The molecule has 0 saturated carbocycles. The number of nitrogens with zero attached hydrogens (tertiary/aromatic N) is 4. The van der Waals surface area contributed by atoms with E-state index in [1.165, 1.54) is 42.2 Å². The first kappa shape index (κ1) is 27.4. The average Bonchev–Trinajstić information content (AvgIpc) is 3.61. The molecule has 1 atom stereocenters. The number of benzene rings is 3. The van der Waals surface area contributed by atoms with Gasteiger partial charge < -0.3 is 14.6 Å². The number of fused-ring (bicyclic) bond motifs is 1. The number of aliphatic hydroxyl groups is 1. The van der Waals surface area contributed by atoms with Crippen molar-refractivity contribution in [1.29, 1.82) is 0 Å². The van der Waals surface area contributed by atoms with Crippen LogP contribution in [0.3, 0.4) is 0 Å². The Balaban J connectivity index is 1.36. The van der Waals surface area contributed by atoms with Crippen molar-refractivity contribution in [3.63, 3.8) is 0 Å². The van der Waals surface area contributed by atoms with Gasteiger partial charge in [0.15, 0.2) is 15.8 Å². The predicted molar refractivity (Wildman–Crippen MR) is 162 cm³/mol. The summed E-state index contributed by atoms with van der Waals surface area (Å²) in [6.45, 7) is 0. The van der Waals surface area contributed by atoms with Gasteiger partial charge in [-0.3, -0.25) is 19.5 Å². The second-order valence-electron chi connectivity index (χ2n) is 9.30. The number of ether oxygens (including phenoxy) is 2. The SMILES string of the molecule is COc1ccc(/C(O)=C2\C(=O)C(=O)N(c3nnc(SCc4cccc5ccccc45)s3)C2c2cccnc2)cc1OC. The molecule has 9 nitrogen and oxygen atoms in total. The number of rotatable bonds is 8. The number of anilines is 1. The number of ketones is 1. The van der Waals surface area contributed by atoms with E-state index in [9.17, 15) is 14.7 Å². The van der Waals surface area contributed by atoms with Gasteiger partial charge in [0, 0.05) is 23.7 Å². The van der Waals surface area contributed by atoms with E-state index in [2.05, 4.69) is 39.4 Å². The summed E-state index contributed by atoms with van der Waals surface area (Å²) >= 11 is 2.71. The van der Waals surface area contributed by atoms with Gasteiger partial charge in [0.1, 0.15) is 5.76 Å². The molecular weight excluding hydrogens is 572 g/mol. The number of aliphatic hydroxyl groups excluding tert-OH is 1. The number of Topliss-reactive ketones (excluding diaryl/α,β-unsaturated/α-hetero) is 1. The van der Waals surface area contributed by atoms with Crippen molar-refractivity contribution in [3.05, 3.63) is 107 Å². The van der Waals surface area contributed by atoms with Gasteiger partial charge in [-0.15, -0.1) is 10.2 Å². The van der Waals surface area contributed by atoms with Crippen molar-refractivity contribution in [3.8, 4) is 11.5 Å². The summed E-state index contributed by atoms with van der Waals surface area (Å²) in [4.78, 5) is 32.4. The van der Waals surface area contributed by atoms with Crippen molar-refractivity contribution < 1.29 is 24.2 Å². The summed E-state index contributed by atoms with van der Waals surface area (Å²) in [5.74, 6) is -0.517. The topological polar surface area (TPSA) is 115 Å². The van der Waals surface area contributed by atoms with E-state index < -0.39 is 17.7 Å². The van der Waals surface area contributed by atoms with Crippen LogP contribution in [0.1, 0.15) is 22.7 Å². The highest BCUT2D eigenvalue weighted by atomic mass is 32.2. The maximum atomic E-state index is 13.5. The van der Waals surface area contributed by atoms with Gasteiger partial charge >= 0.3 is 5.91 Å². The number of carbonyl (C=O) groups is 2. The number of hydrogen-bond acceptors (Lipinski definition) is 10. The molecular formula is C31H24N4O5S2. The Hall–Kier alpha value is -4.74. The molecule has 3 aromatic carbocycles. The normalized spacial score (nSPS) is 16.2. The maximum Gasteiger partial charge on any atom is 0.301 e. The predicted octanol–water partition coefficient (Wildman–Crippen LogP) is 6.02. The Morgan fingerprint density at radius 2 is 1.79 bits per heavy atom. The van der Waals surface area contributed by atoms with Crippen LogP contribution in [-0.4, -0.2) is 46.2 Å². The first-order valence-corrected chi connectivity index (χ1v) is 14.7. The number of thioether (sulfide) groups is 1. The summed E-state index contributed by atoms with van der Waals surface area (Å²) in [7, 11) is 2.98. The highest BCUT2D eigenvalue weighted by molar-refractivity contribution is 8.00. The molecule has 0 spiro atoms. The van der Waals surface area contributed by atoms with Gasteiger partial charge in [0.2, 0.25) is 5.13 Å². The molecule has 1 aliphatic rings. The van der Waals surface area contributed by atoms with E-state index in [1.54, 1.807) is 42.7 Å². The van der Waals surface area contributed by atoms with E-state index in [0.29, 0.717) is 32.7 Å². The molecule has 1 saturated heterocycles. The minimum atomic E-state index is -0.962. The van der Waals surface area contributed by atoms with Gasteiger partial charge in [-0.25, -0.2) is 0 Å². The summed E-state index contributed by atoms with van der Waals surface area (Å²) in [5, 5.41) is 22.6. The number of amides is 1. The first-order chi connectivity index (χ1) is 20.5. The second-order valence-corrected chi connectivity index (χ2v) is 11.5. The zero-order valence-electron chi connectivity index (χ0n) is 22.6. The van der Waals surface area contributed by atoms with Crippen molar-refractivity contribution in [2.75, 3.05) is 19.1 Å². The van der Waals surface area contributed by atoms with E-state index in [-0.39, 0.29) is 16.5 Å². The third-order valence-corrected chi connectivity index (χ3v) is 9.04. The molecule has 0 radical (unpaired) electrons. The number of methoxy groups -OCH3 is 2. The maximum absolute atomic E-state index is 13.5. The monoisotopic (exact) mass is 596 g/mol. The molecule has 210 valence electrons. The van der Waals surface area contributed by atoms with Crippen molar-refractivity contribution in [1.82, 2.24) is 15.2 Å². The van der Waals surface area contributed by atoms with Crippen LogP contribution in [0.4, 0.5) is 5.13 Å². The lowest BCUT2D eigenvalue weighted by Gasteiger charge is -2.22. The summed E-state index contributed by atoms with van der Waals surface area (Å²) in [6.07, 6.45) is 3.15. The van der Waals surface area contributed by atoms with Crippen LogP contribution in [-0.2, 0) is 15.3 Å². The van der Waals surface area contributed by atoms with E-state index >= 15 is 0 Å². The summed E-state index contributed by atoms with van der Waals surface area (Å²) in [6, 6.07) is 21.6. The van der Waals surface area contributed by atoms with Gasteiger partial charge in [-0.1, -0.05) is 71.6 Å². The molecule has 0 bridgehead atoms. The van der Waals surface area contributed by atoms with Gasteiger partial charge in [-0.05, 0) is 46.2 Å². The van der Waals surface area contributed by atoms with Crippen molar-refractivity contribution in [2.24, 2.45) is 0 Å². The van der Waals surface area contributed by atoms with Crippen LogP contribution in [0.2, 0.25) is 0 Å². The van der Waals surface area contributed by atoms with Crippen LogP contribution < -0.4 is 14.4 Å². The Bertz CT molecular complexity index is 1830. The average molecular weight is 597 g/mol. The number of aromatic nitrogens is 3. The van der Waals surface area contributed by atoms with Crippen LogP contribution in [0.15, 0.2) is 95.1 Å². The van der Waals surface area contributed by atoms with Crippen LogP contribution >= 0.6 is 23.1 Å². The summed E-state index contributed by atoms with van der Waals surface area (Å²) in [5.41, 5.74) is 1.91. The fraction of sp³-hybridized carbons (Fsp3) is 0.129. The molecule has 11 heteroatoms. The smallest absolute Gasteiger partial charge is 0.301 e. The number of pyridine rings is 1. The van der Waals surface area contributed by atoms with Crippen LogP contribution in [0.25, 0.3) is 16.5 Å². The Kier molecular flexibility index (Phi) is 7.60. The minimum absolute atomic E-state index is 0.0830. The second kappa shape index (κ2) is 11.6. The van der Waals surface area contributed by atoms with Crippen LogP contribution in [0.5, 0.6) is 11.5 Å². The highest BCUT2D eigenvalue weighted by Crippen LogP contribution is 2.44. The molecule has 6 rings (SSSR count).